The van der Waals surface area contributed by atoms with Crippen LogP contribution in [0, 0.1) is 11.5 Å². The number of benzene rings is 2. The lowest BCUT2D eigenvalue weighted by Gasteiger charge is -2.36. The Morgan fingerprint density at radius 2 is 1.71 bits per heavy atom. The largest absolute Gasteiger partial charge is 0.493 e. The van der Waals surface area contributed by atoms with Gasteiger partial charge in [-0.2, -0.15) is 5.26 Å². The topological polar surface area (TPSA) is 96.1 Å². The van der Waals surface area contributed by atoms with E-state index in [0.717, 1.165) is 16.7 Å². The SMILES string of the molecule is COc1cc2ncnc(N3CCN(/C(=N/C#N)Oc4ccccc4)CC3)c2cc1OC. The molecule has 0 N–H and O–H groups in total. The molecule has 9 nitrogen and oxygen atoms in total. The number of fused-ring (bicyclic) bond motifs is 1. The minimum atomic E-state index is 0.298. The molecule has 0 radical (unpaired) electrons. The molecule has 0 unspecified atom stereocenters. The first kappa shape index (κ1) is 20.2. The predicted molar refractivity (Wildman–Crippen MR) is 117 cm³/mol. The fourth-order valence-electron chi connectivity index (χ4n) is 3.53. The standard InChI is InChI=1S/C22H22N6O3/c1-29-19-12-17-18(13-20(19)30-2)25-15-26-21(17)27-8-10-28(11-9-27)22(24-14-23)31-16-6-4-3-5-7-16/h3-7,12-13,15H,8-11H2,1-2H3/b24-22-. The van der Waals surface area contributed by atoms with Crippen LogP contribution in [0.4, 0.5) is 5.82 Å². The Kier molecular flexibility index (Phi) is 5.98. The van der Waals surface area contributed by atoms with Gasteiger partial charge in [0.25, 0.3) is 0 Å². The molecule has 1 fully saturated rings. The van der Waals surface area contributed by atoms with Gasteiger partial charge in [-0.05, 0) is 18.2 Å². The Bertz CT molecular complexity index is 1120. The number of aliphatic imine (C=N–C) groups is 1. The molecule has 158 valence electrons. The van der Waals surface area contributed by atoms with E-state index in [1.807, 2.05) is 53.6 Å². The fourth-order valence-corrected chi connectivity index (χ4v) is 3.53. The lowest BCUT2D eigenvalue weighted by molar-refractivity contribution is 0.320. The monoisotopic (exact) mass is 418 g/mol. The van der Waals surface area contributed by atoms with Gasteiger partial charge in [-0.25, -0.2) is 9.97 Å². The Morgan fingerprint density at radius 1 is 1.00 bits per heavy atom. The number of methoxy groups -OCH3 is 2. The van der Waals surface area contributed by atoms with Gasteiger partial charge < -0.3 is 24.0 Å². The van der Waals surface area contributed by atoms with Crippen LogP contribution in [-0.2, 0) is 0 Å². The normalized spacial score (nSPS) is 14.3. The third-order valence-electron chi connectivity index (χ3n) is 5.07. The molecule has 0 atom stereocenters. The second-order valence-electron chi connectivity index (χ2n) is 6.81. The van der Waals surface area contributed by atoms with Crippen LogP contribution < -0.4 is 19.1 Å². The van der Waals surface area contributed by atoms with E-state index in [0.29, 0.717) is 49.4 Å². The smallest absolute Gasteiger partial charge is 0.308 e. The Morgan fingerprint density at radius 3 is 2.39 bits per heavy atom. The van der Waals surface area contributed by atoms with Crippen molar-refractivity contribution in [2.75, 3.05) is 45.3 Å². The van der Waals surface area contributed by atoms with Crippen LogP contribution in [0.5, 0.6) is 17.2 Å². The van der Waals surface area contributed by atoms with Crippen molar-refractivity contribution in [1.82, 2.24) is 14.9 Å². The maximum absolute atomic E-state index is 9.09. The molecule has 0 aliphatic carbocycles. The molecule has 1 aliphatic rings. The molecule has 2 aromatic carbocycles. The van der Waals surface area contributed by atoms with Crippen molar-refractivity contribution in [3.05, 3.63) is 48.8 Å². The predicted octanol–water partition coefficient (Wildman–Crippen LogP) is 2.69. The third kappa shape index (κ3) is 4.28. The third-order valence-corrected chi connectivity index (χ3v) is 5.07. The average molecular weight is 418 g/mol. The highest BCUT2D eigenvalue weighted by molar-refractivity contribution is 5.92. The summed E-state index contributed by atoms with van der Waals surface area (Å²) >= 11 is 0. The number of anilines is 1. The molecule has 31 heavy (non-hydrogen) atoms. The highest BCUT2D eigenvalue weighted by atomic mass is 16.5. The Balaban J connectivity index is 1.54. The van der Waals surface area contributed by atoms with Crippen molar-refractivity contribution < 1.29 is 14.2 Å². The fraction of sp³-hybridized carbons (Fsp3) is 0.273. The van der Waals surface area contributed by atoms with Gasteiger partial charge in [0.2, 0.25) is 6.19 Å². The summed E-state index contributed by atoms with van der Waals surface area (Å²) in [6, 6.07) is 13.4. The van der Waals surface area contributed by atoms with Gasteiger partial charge in [0.05, 0.1) is 19.7 Å². The number of para-hydroxylation sites is 1. The van der Waals surface area contributed by atoms with Crippen LogP contribution in [0.3, 0.4) is 0 Å². The van der Waals surface area contributed by atoms with Crippen molar-refractivity contribution in [3.63, 3.8) is 0 Å². The molecule has 3 aromatic rings. The van der Waals surface area contributed by atoms with Crippen LogP contribution in [0.2, 0.25) is 0 Å². The average Bonchev–Trinajstić information content (AvgIpc) is 2.83. The molecule has 4 rings (SSSR count). The summed E-state index contributed by atoms with van der Waals surface area (Å²) in [5.41, 5.74) is 0.782. The van der Waals surface area contributed by atoms with Crippen molar-refractivity contribution in [2.45, 2.75) is 0 Å². The van der Waals surface area contributed by atoms with Crippen LogP contribution in [0.1, 0.15) is 0 Å². The number of ether oxygens (including phenoxy) is 3. The zero-order chi connectivity index (χ0) is 21.6. The Hall–Kier alpha value is -4.06. The number of hydrogen-bond donors (Lipinski definition) is 0. The van der Waals surface area contributed by atoms with Crippen molar-refractivity contribution >= 4 is 22.7 Å². The minimum Gasteiger partial charge on any atom is -0.493 e. The van der Waals surface area contributed by atoms with E-state index in [9.17, 15) is 0 Å². The number of piperazine rings is 1. The highest BCUT2D eigenvalue weighted by Crippen LogP contribution is 2.34. The molecule has 0 amide bonds. The summed E-state index contributed by atoms with van der Waals surface area (Å²) < 4.78 is 16.7. The molecule has 1 saturated heterocycles. The van der Waals surface area contributed by atoms with Crippen molar-refractivity contribution in [2.24, 2.45) is 4.99 Å². The van der Waals surface area contributed by atoms with Gasteiger partial charge in [-0.3, -0.25) is 0 Å². The minimum absolute atomic E-state index is 0.298. The summed E-state index contributed by atoms with van der Waals surface area (Å²) in [6.07, 6.45) is 3.39. The lowest BCUT2D eigenvalue weighted by Crippen LogP contribution is -2.50. The van der Waals surface area contributed by atoms with Gasteiger partial charge in [-0.15, -0.1) is 4.99 Å². The molecular formula is C22H22N6O3. The summed E-state index contributed by atoms with van der Waals surface area (Å²) in [5.74, 6) is 2.72. The second-order valence-corrected chi connectivity index (χ2v) is 6.81. The summed E-state index contributed by atoms with van der Waals surface area (Å²) in [7, 11) is 3.21. The maximum atomic E-state index is 9.09. The zero-order valence-electron chi connectivity index (χ0n) is 17.4. The van der Waals surface area contributed by atoms with Gasteiger partial charge in [0, 0.05) is 37.6 Å². The number of amidine groups is 1. The van der Waals surface area contributed by atoms with E-state index in [1.165, 1.54) is 0 Å². The van der Waals surface area contributed by atoms with Gasteiger partial charge in [-0.1, -0.05) is 18.2 Å². The van der Waals surface area contributed by atoms with E-state index in [-0.39, 0.29) is 0 Å². The molecule has 0 bridgehead atoms. The van der Waals surface area contributed by atoms with Crippen LogP contribution in [0.25, 0.3) is 10.9 Å². The number of rotatable bonds is 4. The summed E-state index contributed by atoms with van der Waals surface area (Å²) in [6.45, 7) is 2.63. The quantitative estimate of drug-likeness (QED) is 0.363. The van der Waals surface area contributed by atoms with E-state index in [1.54, 1.807) is 20.5 Å². The molecule has 0 saturated carbocycles. The molecule has 9 heteroatoms. The summed E-state index contributed by atoms with van der Waals surface area (Å²) in [4.78, 5) is 16.9. The number of aromatic nitrogens is 2. The van der Waals surface area contributed by atoms with Crippen LogP contribution >= 0.6 is 0 Å². The van der Waals surface area contributed by atoms with E-state index in [2.05, 4.69) is 19.9 Å². The maximum Gasteiger partial charge on any atom is 0.308 e. The molecule has 1 aromatic heterocycles. The van der Waals surface area contributed by atoms with Crippen molar-refractivity contribution in [1.29, 1.82) is 5.26 Å². The molecule has 2 heterocycles. The second kappa shape index (κ2) is 9.17. The number of nitriles is 1. The number of hydrogen-bond acceptors (Lipinski definition) is 8. The molecule has 1 aliphatic heterocycles. The van der Waals surface area contributed by atoms with Gasteiger partial charge in [0.15, 0.2) is 11.5 Å². The first-order valence-corrected chi connectivity index (χ1v) is 9.79. The van der Waals surface area contributed by atoms with E-state index < -0.39 is 0 Å². The zero-order valence-corrected chi connectivity index (χ0v) is 17.4. The van der Waals surface area contributed by atoms with Gasteiger partial charge in [0.1, 0.15) is 17.9 Å². The van der Waals surface area contributed by atoms with Crippen molar-refractivity contribution in [3.8, 4) is 23.4 Å². The van der Waals surface area contributed by atoms with E-state index >= 15 is 0 Å². The van der Waals surface area contributed by atoms with E-state index in [4.69, 9.17) is 19.5 Å². The highest BCUT2D eigenvalue weighted by Gasteiger charge is 2.24. The first-order valence-electron chi connectivity index (χ1n) is 9.79. The van der Waals surface area contributed by atoms with Crippen LogP contribution in [-0.4, -0.2) is 61.3 Å². The summed E-state index contributed by atoms with van der Waals surface area (Å²) in [5, 5.41) is 9.98. The first-order chi connectivity index (χ1) is 15.2. The molecule has 0 spiro atoms. The van der Waals surface area contributed by atoms with Gasteiger partial charge >= 0.3 is 6.02 Å². The molecular weight excluding hydrogens is 396 g/mol. The number of nitrogens with zero attached hydrogens (tertiary/aromatic N) is 6. The van der Waals surface area contributed by atoms with Crippen LogP contribution in [0.15, 0.2) is 53.8 Å². The Labute approximate surface area is 180 Å². The lowest BCUT2D eigenvalue weighted by atomic mass is 10.2.